The van der Waals surface area contributed by atoms with Gasteiger partial charge in [0, 0.05) is 6.20 Å². The van der Waals surface area contributed by atoms with Gasteiger partial charge in [0.25, 0.3) is 0 Å². The molecule has 0 saturated heterocycles. The third-order valence-corrected chi connectivity index (χ3v) is 2.63. The Morgan fingerprint density at radius 3 is 2.58 bits per heavy atom. The molecule has 4 heteroatoms. The number of hydrogen-bond acceptors (Lipinski definition) is 3. The van der Waals surface area contributed by atoms with Crippen LogP contribution in [0.3, 0.4) is 0 Å². The Labute approximate surface area is 111 Å². The molecule has 0 radical (unpaired) electrons. The number of rotatable bonds is 4. The summed E-state index contributed by atoms with van der Waals surface area (Å²) < 4.78 is 5.05. The second-order valence-electron chi connectivity index (χ2n) is 3.86. The lowest BCUT2D eigenvalue weighted by Gasteiger charge is -2.00. The molecule has 19 heavy (non-hydrogen) atoms. The predicted octanol–water partition coefficient (Wildman–Crippen LogP) is 2.81. The third-order valence-electron chi connectivity index (χ3n) is 2.63. The molecule has 0 aliphatic rings. The molecule has 0 saturated carbocycles. The van der Waals surface area contributed by atoms with Crippen LogP contribution in [0.2, 0.25) is 0 Å². The van der Waals surface area contributed by atoms with Crippen molar-refractivity contribution in [2.75, 3.05) is 7.11 Å². The van der Waals surface area contributed by atoms with Gasteiger partial charge in [-0.2, -0.15) is 5.26 Å². The predicted molar refractivity (Wildman–Crippen MR) is 71.7 cm³/mol. The molecule has 0 atom stereocenters. The standard InChI is InChI=1S/C15H12N2O2/c1-19-13-6-4-11(5-7-13)9-12(10-16)15(18)14-3-2-8-17-14/h2-9,17H,1H3/b12-9-. The normalized spacial score (nSPS) is 10.8. The highest BCUT2D eigenvalue weighted by molar-refractivity contribution is 6.13. The van der Waals surface area contributed by atoms with E-state index in [0.29, 0.717) is 5.69 Å². The van der Waals surface area contributed by atoms with E-state index in [2.05, 4.69) is 4.98 Å². The molecule has 2 aromatic rings. The summed E-state index contributed by atoms with van der Waals surface area (Å²) in [4.78, 5) is 14.8. The summed E-state index contributed by atoms with van der Waals surface area (Å²) in [7, 11) is 1.58. The van der Waals surface area contributed by atoms with Crippen molar-refractivity contribution in [3.05, 3.63) is 59.4 Å². The average molecular weight is 252 g/mol. The maximum absolute atomic E-state index is 12.0. The number of nitriles is 1. The van der Waals surface area contributed by atoms with Crippen LogP contribution in [-0.2, 0) is 0 Å². The number of nitrogens with one attached hydrogen (secondary N) is 1. The molecule has 0 aliphatic heterocycles. The Morgan fingerprint density at radius 2 is 2.05 bits per heavy atom. The van der Waals surface area contributed by atoms with Crippen molar-refractivity contribution in [1.29, 1.82) is 5.26 Å². The maximum atomic E-state index is 12.0. The van der Waals surface area contributed by atoms with Crippen molar-refractivity contribution < 1.29 is 9.53 Å². The van der Waals surface area contributed by atoms with Gasteiger partial charge >= 0.3 is 0 Å². The molecular formula is C15H12N2O2. The fourth-order valence-corrected chi connectivity index (χ4v) is 1.63. The van der Waals surface area contributed by atoms with Gasteiger partial charge in [0.1, 0.15) is 17.4 Å². The Kier molecular flexibility index (Phi) is 3.79. The second-order valence-corrected chi connectivity index (χ2v) is 3.86. The first-order chi connectivity index (χ1) is 9.24. The van der Waals surface area contributed by atoms with Crippen LogP contribution < -0.4 is 4.74 Å². The molecule has 2 rings (SSSR count). The van der Waals surface area contributed by atoms with E-state index < -0.39 is 0 Å². The molecule has 1 aromatic carbocycles. The van der Waals surface area contributed by atoms with Gasteiger partial charge in [0.15, 0.2) is 0 Å². The average Bonchev–Trinajstić information content (AvgIpc) is 2.99. The van der Waals surface area contributed by atoms with Crippen LogP contribution in [0, 0.1) is 11.3 Å². The molecule has 0 aliphatic carbocycles. The fraction of sp³-hybridized carbons (Fsp3) is 0.0667. The summed E-state index contributed by atoms with van der Waals surface area (Å²) in [6, 6.07) is 12.4. The van der Waals surface area contributed by atoms with E-state index in [1.165, 1.54) is 0 Å². The molecule has 1 N–H and O–H groups in total. The number of aromatic amines is 1. The van der Waals surface area contributed by atoms with E-state index >= 15 is 0 Å². The van der Waals surface area contributed by atoms with Crippen LogP contribution in [0.25, 0.3) is 6.08 Å². The number of allylic oxidation sites excluding steroid dienone is 1. The van der Waals surface area contributed by atoms with Gasteiger partial charge in [-0.3, -0.25) is 4.79 Å². The first-order valence-corrected chi connectivity index (χ1v) is 5.68. The zero-order valence-corrected chi connectivity index (χ0v) is 10.4. The summed E-state index contributed by atoms with van der Waals surface area (Å²) in [6.07, 6.45) is 3.21. The molecule has 94 valence electrons. The number of H-pyrrole nitrogens is 1. The van der Waals surface area contributed by atoms with Crippen LogP contribution in [0.15, 0.2) is 48.2 Å². The Bertz CT molecular complexity index is 632. The van der Waals surface area contributed by atoms with Crippen molar-refractivity contribution in [1.82, 2.24) is 4.98 Å². The van der Waals surface area contributed by atoms with Crippen molar-refractivity contribution >= 4 is 11.9 Å². The van der Waals surface area contributed by atoms with Crippen molar-refractivity contribution in [3.63, 3.8) is 0 Å². The second kappa shape index (κ2) is 5.69. The summed E-state index contributed by atoms with van der Waals surface area (Å²) in [6.45, 7) is 0. The Balaban J connectivity index is 2.28. The van der Waals surface area contributed by atoms with Crippen LogP contribution >= 0.6 is 0 Å². The van der Waals surface area contributed by atoms with E-state index in [4.69, 9.17) is 10.00 Å². The number of benzene rings is 1. The lowest BCUT2D eigenvalue weighted by atomic mass is 10.1. The molecule has 1 heterocycles. The van der Waals surface area contributed by atoms with Crippen LogP contribution in [0.1, 0.15) is 16.1 Å². The minimum atomic E-state index is -0.316. The molecular weight excluding hydrogens is 240 g/mol. The number of carbonyl (C=O) groups is 1. The minimum Gasteiger partial charge on any atom is -0.497 e. The van der Waals surface area contributed by atoms with Gasteiger partial charge in [0.2, 0.25) is 5.78 Å². The Hall–Kier alpha value is -2.80. The minimum absolute atomic E-state index is 0.0904. The van der Waals surface area contributed by atoms with Crippen molar-refractivity contribution in [3.8, 4) is 11.8 Å². The highest BCUT2D eigenvalue weighted by Gasteiger charge is 2.12. The SMILES string of the molecule is COc1ccc(/C=C(/C#N)C(=O)c2ccc[nH]2)cc1. The summed E-state index contributed by atoms with van der Waals surface area (Å²) in [5.74, 6) is 0.412. The number of ketones is 1. The third kappa shape index (κ3) is 2.90. The zero-order chi connectivity index (χ0) is 13.7. The van der Waals surface area contributed by atoms with Gasteiger partial charge in [0.05, 0.1) is 12.8 Å². The van der Waals surface area contributed by atoms with Crippen LogP contribution in [0.5, 0.6) is 5.75 Å². The van der Waals surface area contributed by atoms with E-state index in [1.807, 2.05) is 6.07 Å². The van der Waals surface area contributed by atoms with Crippen LogP contribution in [-0.4, -0.2) is 17.9 Å². The smallest absolute Gasteiger partial charge is 0.219 e. The number of nitrogens with zero attached hydrogens (tertiary/aromatic N) is 1. The van der Waals surface area contributed by atoms with Gasteiger partial charge < -0.3 is 9.72 Å². The monoisotopic (exact) mass is 252 g/mol. The first kappa shape index (κ1) is 12.7. The summed E-state index contributed by atoms with van der Waals surface area (Å²) >= 11 is 0. The molecule has 0 spiro atoms. The van der Waals surface area contributed by atoms with Crippen LogP contribution in [0.4, 0.5) is 0 Å². The number of hydrogen-bond donors (Lipinski definition) is 1. The van der Waals surface area contributed by atoms with Gasteiger partial charge in [-0.05, 0) is 35.9 Å². The van der Waals surface area contributed by atoms with Gasteiger partial charge in [-0.15, -0.1) is 0 Å². The number of Topliss-reactive ketones (excluding diaryl/α,β-unsaturated/α-hetero) is 1. The highest BCUT2D eigenvalue weighted by Crippen LogP contribution is 2.15. The number of methoxy groups -OCH3 is 1. The van der Waals surface area contributed by atoms with E-state index in [1.54, 1.807) is 55.8 Å². The lowest BCUT2D eigenvalue weighted by Crippen LogP contribution is -2.02. The molecule has 0 amide bonds. The number of carbonyl (C=O) groups excluding carboxylic acids is 1. The summed E-state index contributed by atoms with van der Waals surface area (Å²) in [5, 5.41) is 9.08. The molecule has 0 bridgehead atoms. The van der Waals surface area contributed by atoms with Crippen molar-refractivity contribution in [2.45, 2.75) is 0 Å². The summed E-state index contributed by atoms with van der Waals surface area (Å²) in [5.41, 5.74) is 1.27. The molecule has 1 aromatic heterocycles. The fourth-order valence-electron chi connectivity index (χ4n) is 1.63. The van der Waals surface area contributed by atoms with E-state index in [9.17, 15) is 4.79 Å². The lowest BCUT2D eigenvalue weighted by molar-refractivity contribution is 0.103. The first-order valence-electron chi connectivity index (χ1n) is 5.68. The largest absolute Gasteiger partial charge is 0.497 e. The maximum Gasteiger partial charge on any atom is 0.219 e. The van der Waals surface area contributed by atoms with Gasteiger partial charge in [-0.1, -0.05) is 12.1 Å². The Morgan fingerprint density at radius 1 is 1.32 bits per heavy atom. The van der Waals surface area contributed by atoms with Gasteiger partial charge in [-0.25, -0.2) is 0 Å². The van der Waals surface area contributed by atoms with Crippen molar-refractivity contribution in [2.24, 2.45) is 0 Å². The van der Waals surface area contributed by atoms with E-state index in [0.717, 1.165) is 11.3 Å². The highest BCUT2D eigenvalue weighted by atomic mass is 16.5. The quantitative estimate of drug-likeness (QED) is 0.517. The number of ether oxygens (including phenoxy) is 1. The van der Waals surface area contributed by atoms with E-state index in [-0.39, 0.29) is 11.4 Å². The number of aromatic nitrogens is 1. The molecule has 0 unspecified atom stereocenters. The molecule has 0 fully saturated rings. The topological polar surface area (TPSA) is 65.9 Å². The zero-order valence-electron chi connectivity index (χ0n) is 10.4. The molecule has 4 nitrogen and oxygen atoms in total.